The summed E-state index contributed by atoms with van der Waals surface area (Å²) in [4.78, 5) is 11.1. The van der Waals surface area contributed by atoms with Gasteiger partial charge in [0.1, 0.15) is 0 Å². The summed E-state index contributed by atoms with van der Waals surface area (Å²) in [5.74, 6) is 2.46. The van der Waals surface area contributed by atoms with Crippen LogP contribution in [0.2, 0.25) is 0 Å². The van der Waals surface area contributed by atoms with Crippen LogP contribution in [0, 0.1) is 12.3 Å². The monoisotopic (exact) mass is 168 g/mol. The Morgan fingerprint density at radius 1 is 1.58 bits per heavy atom. The molecule has 1 amide bonds. The molecule has 0 aromatic carbocycles. The molecule has 0 saturated carbocycles. The van der Waals surface area contributed by atoms with Crippen LogP contribution in [0.4, 0.5) is 0 Å². The molecule has 0 aromatic rings. The lowest BCUT2D eigenvalue weighted by Gasteiger charge is -2.10. The van der Waals surface area contributed by atoms with Crippen molar-refractivity contribution in [1.82, 2.24) is 10.6 Å². The van der Waals surface area contributed by atoms with Crippen LogP contribution in [-0.4, -0.2) is 25.0 Å². The molecule has 2 N–H and O–H groups in total. The molecule has 0 aliphatic carbocycles. The predicted octanol–water partition coefficient (Wildman–Crippen LogP) is 0.124. The first kappa shape index (κ1) is 11.0. The standard InChI is InChI=1S/C9H16N2O/c1-4-8(5-2)11-9(12)7-10-6-3/h1,8,10H,5-7H2,2-3H3,(H,11,12). The highest BCUT2D eigenvalue weighted by molar-refractivity contribution is 5.78. The minimum atomic E-state index is -0.129. The quantitative estimate of drug-likeness (QED) is 0.573. The molecule has 0 bridgehead atoms. The minimum absolute atomic E-state index is 0.0401. The Morgan fingerprint density at radius 3 is 2.67 bits per heavy atom. The van der Waals surface area contributed by atoms with Crippen molar-refractivity contribution in [2.75, 3.05) is 13.1 Å². The topological polar surface area (TPSA) is 41.1 Å². The second-order valence-electron chi connectivity index (χ2n) is 2.48. The highest BCUT2D eigenvalue weighted by Gasteiger charge is 2.05. The second kappa shape index (κ2) is 6.68. The molecule has 3 heteroatoms. The zero-order valence-electron chi connectivity index (χ0n) is 7.68. The lowest BCUT2D eigenvalue weighted by Crippen LogP contribution is -2.39. The molecule has 1 unspecified atom stereocenters. The van der Waals surface area contributed by atoms with E-state index in [2.05, 4.69) is 16.6 Å². The van der Waals surface area contributed by atoms with Crippen LogP contribution in [-0.2, 0) is 4.79 Å². The van der Waals surface area contributed by atoms with Crippen LogP contribution in [0.5, 0.6) is 0 Å². The summed E-state index contributed by atoms with van der Waals surface area (Å²) in [6.07, 6.45) is 5.95. The van der Waals surface area contributed by atoms with Gasteiger partial charge in [-0.05, 0) is 13.0 Å². The fraction of sp³-hybridized carbons (Fsp3) is 0.667. The van der Waals surface area contributed by atoms with Gasteiger partial charge in [0.05, 0.1) is 12.6 Å². The lowest BCUT2D eigenvalue weighted by molar-refractivity contribution is -0.120. The molecule has 0 heterocycles. The molecule has 0 fully saturated rings. The summed E-state index contributed by atoms with van der Waals surface area (Å²) < 4.78 is 0. The van der Waals surface area contributed by atoms with Gasteiger partial charge >= 0.3 is 0 Å². The Balaban J connectivity index is 3.61. The van der Waals surface area contributed by atoms with E-state index >= 15 is 0 Å². The summed E-state index contributed by atoms with van der Waals surface area (Å²) in [5.41, 5.74) is 0. The maximum absolute atomic E-state index is 11.1. The highest BCUT2D eigenvalue weighted by Crippen LogP contribution is 1.86. The van der Waals surface area contributed by atoms with Crippen LogP contribution in [0.25, 0.3) is 0 Å². The van der Waals surface area contributed by atoms with Crippen LogP contribution in [0.3, 0.4) is 0 Å². The predicted molar refractivity (Wildman–Crippen MR) is 49.6 cm³/mol. The van der Waals surface area contributed by atoms with Gasteiger partial charge in [0.2, 0.25) is 5.91 Å². The van der Waals surface area contributed by atoms with Crippen LogP contribution in [0.15, 0.2) is 0 Å². The van der Waals surface area contributed by atoms with E-state index in [0.717, 1.165) is 13.0 Å². The summed E-state index contributed by atoms with van der Waals surface area (Å²) in [6, 6.07) is -0.129. The average Bonchev–Trinajstić information content (AvgIpc) is 2.10. The Hall–Kier alpha value is -1.01. The molecule has 1 atom stereocenters. The van der Waals surface area contributed by atoms with Gasteiger partial charge in [-0.25, -0.2) is 0 Å². The average molecular weight is 168 g/mol. The molecular formula is C9H16N2O. The Labute approximate surface area is 73.9 Å². The maximum atomic E-state index is 11.1. The highest BCUT2D eigenvalue weighted by atomic mass is 16.1. The molecule has 12 heavy (non-hydrogen) atoms. The molecule has 0 aliphatic rings. The van der Waals surface area contributed by atoms with Gasteiger partial charge in [-0.2, -0.15) is 0 Å². The van der Waals surface area contributed by atoms with E-state index in [1.807, 2.05) is 13.8 Å². The van der Waals surface area contributed by atoms with Gasteiger partial charge in [0.15, 0.2) is 0 Å². The number of carbonyl (C=O) groups excluding carboxylic acids is 1. The van der Waals surface area contributed by atoms with Crippen molar-refractivity contribution < 1.29 is 4.79 Å². The summed E-state index contributed by atoms with van der Waals surface area (Å²) in [6.45, 7) is 5.03. The van der Waals surface area contributed by atoms with Crippen molar-refractivity contribution in [2.24, 2.45) is 0 Å². The van der Waals surface area contributed by atoms with Gasteiger partial charge in [0.25, 0.3) is 0 Å². The molecule has 68 valence electrons. The number of hydrogen-bond donors (Lipinski definition) is 2. The number of nitrogens with one attached hydrogen (secondary N) is 2. The first-order chi connectivity index (χ1) is 5.74. The van der Waals surface area contributed by atoms with Crippen molar-refractivity contribution in [3.8, 4) is 12.3 Å². The third-order valence-electron chi connectivity index (χ3n) is 1.48. The Morgan fingerprint density at radius 2 is 2.25 bits per heavy atom. The van der Waals surface area contributed by atoms with E-state index < -0.39 is 0 Å². The normalized spacial score (nSPS) is 11.8. The maximum Gasteiger partial charge on any atom is 0.234 e. The summed E-state index contributed by atoms with van der Waals surface area (Å²) in [5, 5.41) is 5.63. The van der Waals surface area contributed by atoms with Gasteiger partial charge in [-0.3, -0.25) is 4.79 Å². The van der Waals surface area contributed by atoms with Crippen molar-refractivity contribution in [3.05, 3.63) is 0 Å². The van der Waals surface area contributed by atoms with Crippen molar-refractivity contribution >= 4 is 5.91 Å². The first-order valence-electron chi connectivity index (χ1n) is 4.20. The van der Waals surface area contributed by atoms with E-state index in [0.29, 0.717) is 6.54 Å². The molecule has 0 aromatic heterocycles. The molecule has 0 saturated heterocycles. The number of carbonyl (C=O) groups is 1. The second-order valence-corrected chi connectivity index (χ2v) is 2.48. The largest absolute Gasteiger partial charge is 0.341 e. The van der Waals surface area contributed by atoms with Crippen molar-refractivity contribution in [1.29, 1.82) is 0 Å². The SMILES string of the molecule is C#CC(CC)NC(=O)CNCC. The molecule has 0 aliphatic heterocycles. The van der Waals surface area contributed by atoms with Crippen molar-refractivity contribution in [2.45, 2.75) is 26.3 Å². The third kappa shape index (κ3) is 4.75. The summed E-state index contributed by atoms with van der Waals surface area (Å²) >= 11 is 0. The number of likely N-dealkylation sites (N-methyl/N-ethyl adjacent to an activating group) is 1. The number of rotatable bonds is 5. The molecule has 0 rings (SSSR count). The first-order valence-corrected chi connectivity index (χ1v) is 4.20. The lowest BCUT2D eigenvalue weighted by atomic mass is 10.2. The van der Waals surface area contributed by atoms with E-state index in [-0.39, 0.29) is 11.9 Å². The molecular weight excluding hydrogens is 152 g/mol. The molecule has 3 nitrogen and oxygen atoms in total. The van der Waals surface area contributed by atoms with E-state index in [1.165, 1.54) is 0 Å². The Bertz CT molecular complexity index is 172. The molecule has 0 radical (unpaired) electrons. The zero-order chi connectivity index (χ0) is 9.40. The van der Waals surface area contributed by atoms with Crippen LogP contribution in [0.1, 0.15) is 20.3 Å². The van der Waals surface area contributed by atoms with E-state index in [4.69, 9.17) is 6.42 Å². The molecule has 0 spiro atoms. The van der Waals surface area contributed by atoms with Gasteiger partial charge in [0, 0.05) is 0 Å². The van der Waals surface area contributed by atoms with Crippen molar-refractivity contribution in [3.63, 3.8) is 0 Å². The number of amides is 1. The van der Waals surface area contributed by atoms with E-state index in [9.17, 15) is 4.79 Å². The fourth-order valence-electron chi connectivity index (χ4n) is 0.745. The third-order valence-corrected chi connectivity index (χ3v) is 1.48. The number of hydrogen-bond acceptors (Lipinski definition) is 2. The smallest absolute Gasteiger partial charge is 0.234 e. The minimum Gasteiger partial charge on any atom is -0.341 e. The van der Waals surface area contributed by atoms with Crippen LogP contribution >= 0.6 is 0 Å². The van der Waals surface area contributed by atoms with Gasteiger partial charge in [-0.1, -0.05) is 19.8 Å². The fourth-order valence-corrected chi connectivity index (χ4v) is 0.745. The number of terminal acetylenes is 1. The van der Waals surface area contributed by atoms with Gasteiger partial charge in [-0.15, -0.1) is 6.42 Å². The summed E-state index contributed by atoms with van der Waals surface area (Å²) in [7, 11) is 0. The zero-order valence-corrected chi connectivity index (χ0v) is 7.68. The Kier molecular flexibility index (Phi) is 6.12. The van der Waals surface area contributed by atoms with Crippen LogP contribution < -0.4 is 10.6 Å². The van der Waals surface area contributed by atoms with E-state index in [1.54, 1.807) is 0 Å². The van der Waals surface area contributed by atoms with Gasteiger partial charge < -0.3 is 10.6 Å².